The standard InChI is InChI=1S/C6H14O3.C4H10O2/c1-7-3-5-9-6-4-8-2;1-5-3-4-6-2/h3-6H2,1-2H3;3-4H2,1-2H3. The summed E-state index contributed by atoms with van der Waals surface area (Å²) >= 11 is 0. The van der Waals surface area contributed by atoms with E-state index in [9.17, 15) is 0 Å². The van der Waals surface area contributed by atoms with Gasteiger partial charge >= 0.3 is 0 Å². The second kappa shape index (κ2) is 19.4. The molecule has 0 rings (SSSR count). The average Bonchev–Trinajstić information content (AvgIpc) is 2.27. The Labute approximate surface area is 92.6 Å². The highest BCUT2D eigenvalue weighted by atomic mass is 16.5. The van der Waals surface area contributed by atoms with Gasteiger partial charge in [0.25, 0.3) is 0 Å². The van der Waals surface area contributed by atoms with Crippen LogP contribution in [0.5, 0.6) is 0 Å². The summed E-state index contributed by atoms with van der Waals surface area (Å²) in [6.45, 7) is 4.00. The Morgan fingerprint density at radius 1 is 0.467 bits per heavy atom. The van der Waals surface area contributed by atoms with Gasteiger partial charge in [-0.1, -0.05) is 0 Å². The van der Waals surface area contributed by atoms with Crippen molar-refractivity contribution in [2.75, 3.05) is 68.1 Å². The molecule has 0 aromatic carbocycles. The minimum absolute atomic E-state index is 0.653. The minimum atomic E-state index is 0.653. The van der Waals surface area contributed by atoms with Crippen molar-refractivity contribution in [1.82, 2.24) is 0 Å². The maximum Gasteiger partial charge on any atom is 0.0701 e. The van der Waals surface area contributed by atoms with Crippen LogP contribution in [0, 0.1) is 0 Å². The molecular formula is C10H24O5. The van der Waals surface area contributed by atoms with Gasteiger partial charge in [-0.05, 0) is 0 Å². The lowest BCUT2D eigenvalue weighted by Crippen LogP contribution is -2.06. The zero-order chi connectivity index (χ0) is 11.8. The molecule has 0 fully saturated rings. The third-order valence-electron chi connectivity index (χ3n) is 1.36. The summed E-state index contributed by atoms with van der Waals surface area (Å²) in [6, 6.07) is 0. The first-order valence-corrected chi connectivity index (χ1v) is 4.87. The van der Waals surface area contributed by atoms with E-state index in [2.05, 4.69) is 9.47 Å². The molecule has 0 aromatic rings. The Morgan fingerprint density at radius 2 is 0.733 bits per heavy atom. The van der Waals surface area contributed by atoms with Gasteiger partial charge in [0.2, 0.25) is 0 Å². The number of hydrogen-bond donors (Lipinski definition) is 0. The Morgan fingerprint density at radius 3 is 1.00 bits per heavy atom. The van der Waals surface area contributed by atoms with E-state index in [0.717, 1.165) is 0 Å². The van der Waals surface area contributed by atoms with Crippen LogP contribution in [0.2, 0.25) is 0 Å². The Bertz CT molecular complexity index is 79.9. The topological polar surface area (TPSA) is 46.2 Å². The van der Waals surface area contributed by atoms with Crippen LogP contribution in [0.25, 0.3) is 0 Å². The van der Waals surface area contributed by atoms with Gasteiger partial charge in [0.1, 0.15) is 0 Å². The van der Waals surface area contributed by atoms with Gasteiger partial charge in [-0.3, -0.25) is 0 Å². The maximum absolute atomic E-state index is 5.06. The van der Waals surface area contributed by atoms with Gasteiger partial charge in [-0.25, -0.2) is 0 Å². The van der Waals surface area contributed by atoms with Crippen LogP contribution in [0.15, 0.2) is 0 Å². The van der Waals surface area contributed by atoms with E-state index in [4.69, 9.17) is 14.2 Å². The molecule has 0 radical (unpaired) electrons. The Kier molecular flexibility index (Phi) is 22.2. The van der Waals surface area contributed by atoms with E-state index in [0.29, 0.717) is 39.6 Å². The van der Waals surface area contributed by atoms with Gasteiger partial charge in [-0.2, -0.15) is 0 Å². The molecule has 0 aromatic heterocycles. The van der Waals surface area contributed by atoms with Gasteiger partial charge in [-0.15, -0.1) is 0 Å². The summed E-state index contributed by atoms with van der Waals surface area (Å²) in [5.41, 5.74) is 0. The van der Waals surface area contributed by atoms with Crippen LogP contribution in [0.1, 0.15) is 0 Å². The third kappa shape index (κ3) is 24.8. The second-order valence-corrected chi connectivity index (χ2v) is 2.58. The third-order valence-corrected chi connectivity index (χ3v) is 1.36. The molecule has 0 atom stereocenters. The van der Waals surface area contributed by atoms with E-state index in [1.54, 1.807) is 28.4 Å². The minimum Gasteiger partial charge on any atom is -0.382 e. The van der Waals surface area contributed by atoms with Crippen LogP contribution < -0.4 is 0 Å². The van der Waals surface area contributed by atoms with E-state index in [1.807, 2.05) is 0 Å². The van der Waals surface area contributed by atoms with Gasteiger partial charge in [0.05, 0.1) is 39.6 Å². The predicted octanol–water partition coefficient (Wildman–Crippen LogP) is 0.575. The fourth-order valence-corrected chi connectivity index (χ4v) is 0.553. The molecule has 0 aliphatic rings. The number of rotatable bonds is 9. The normalized spacial score (nSPS) is 9.60. The van der Waals surface area contributed by atoms with Crippen LogP contribution >= 0.6 is 0 Å². The van der Waals surface area contributed by atoms with E-state index in [1.165, 1.54) is 0 Å². The zero-order valence-corrected chi connectivity index (χ0v) is 10.3. The van der Waals surface area contributed by atoms with Crippen molar-refractivity contribution < 1.29 is 23.7 Å². The highest BCUT2D eigenvalue weighted by molar-refractivity contribution is 4.28. The van der Waals surface area contributed by atoms with Crippen LogP contribution in [-0.2, 0) is 23.7 Å². The van der Waals surface area contributed by atoms with Crippen molar-refractivity contribution >= 4 is 0 Å². The van der Waals surface area contributed by atoms with Crippen molar-refractivity contribution in [2.45, 2.75) is 0 Å². The molecule has 0 aliphatic heterocycles. The van der Waals surface area contributed by atoms with Crippen LogP contribution in [0.4, 0.5) is 0 Å². The fraction of sp³-hybridized carbons (Fsp3) is 1.00. The largest absolute Gasteiger partial charge is 0.382 e. The van der Waals surface area contributed by atoms with Crippen molar-refractivity contribution in [2.24, 2.45) is 0 Å². The molecule has 0 spiro atoms. The van der Waals surface area contributed by atoms with Crippen LogP contribution in [-0.4, -0.2) is 68.1 Å². The van der Waals surface area contributed by atoms with Crippen molar-refractivity contribution in [3.63, 3.8) is 0 Å². The first kappa shape index (κ1) is 17.2. The monoisotopic (exact) mass is 224 g/mol. The van der Waals surface area contributed by atoms with E-state index < -0.39 is 0 Å². The molecule has 15 heavy (non-hydrogen) atoms. The lowest BCUT2D eigenvalue weighted by molar-refractivity contribution is 0.0385. The molecule has 0 N–H and O–H groups in total. The second-order valence-electron chi connectivity index (χ2n) is 2.58. The molecule has 0 saturated heterocycles. The Balaban J connectivity index is 0. The smallest absolute Gasteiger partial charge is 0.0701 e. The average molecular weight is 224 g/mol. The maximum atomic E-state index is 5.06. The highest BCUT2D eigenvalue weighted by Crippen LogP contribution is 1.75. The lowest BCUT2D eigenvalue weighted by Gasteiger charge is -2.00. The molecular weight excluding hydrogens is 200 g/mol. The van der Waals surface area contributed by atoms with Crippen molar-refractivity contribution in [3.05, 3.63) is 0 Å². The summed E-state index contributed by atoms with van der Waals surface area (Å²) in [6.07, 6.45) is 0. The molecule has 0 amide bonds. The fourth-order valence-electron chi connectivity index (χ4n) is 0.553. The van der Waals surface area contributed by atoms with Crippen molar-refractivity contribution in [1.29, 1.82) is 0 Å². The lowest BCUT2D eigenvalue weighted by atomic mass is 10.7. The molecule has 5 heteroatoms. The molecule has 0 bridgehead atoms. The Hall–Kier alpha value is -0.200. The molecule has 94 valence electrons. The van der Waals surface area contributed by atoms with E-state index >= 15 is 0 Å². The number of hydrogen-bond acceptors (Lipinski definition) is 5. The predicted molar refractivity (Wildman–Crippen MR) is 58.3 cm³/mol. The summed E-state index contributed by atoms with van der Waals surface area (Å²) in [4.78, 5) is 0. The van der Waals surface area contributed by atoms with Crippen LogP contribution in [0.3, 0.4) is 0 Å². The van der Waals surface area contributed by atoms with Gasteiger partial charge in [0, 0.05) is 28.4 Å². The number of ether oxygens (including phenoxy) is 5. The van der Waals surface area contributed by atoms with E-state index in [-0.39, 0.29) is 0 Å². The quantitative estimate of drug-likeness (QED) is 0.536. The summed E-state index contributed by atoms with van der Waals surface area (Å²) in [7, 11) is 6.61. The van der Waals surface area contributed by atoms with Gasteiger partial charge in [0.15, 0.2) is 0 Å². The highest BCUT2D eigenvalue weighted by Gasteiger charge is 1.84. The van der Waals surface area contributed by atoms with Crippen molar-refractivity contribution in [3.8, 4) is 0 Å². The number of methoxy groups -OCH3 is 4. The molecule has 0 saturated carbocycles. The molecule has 0 heterocycles. The zero-order valence-electron chi connectivity index (χ0n) is 10.3. The molecule has 0 aliphatic carbocycles. The SMILES string of the molecule is COCCOC.COCCOCCOC. The summed E-state index contributed by atoms with van der Waals surface area (Å²) in [5.74, 6) is 0. The first-order chi connectivity index (χ1) is 7.33. The summed E-state index contributed by atoms with van der Waals surface area (Å²) in [5, 5.41) is 0. The summed E-state index contributed by atoms with van der Waals surface area (Å²) < 4.78 is 23.9. The first-order valence-electron chi connectivity index (χ1n) is 4.87. The molecule has 5 nitrogen and oxygen atoms in total. The van der Waals surface area contributed by atoms with Gasteiger partial charge < -0.3 is 23.7 Å². The molecule has 0 unspecified atom stereocenters.